The molecule has 1 N–H and O–H groups in total. The number of para-hydroxylation sites is 1. The Balaban J connectivity index is 0.00000231. The van der Waals surface area contributed by atoms with Crippen LogP contribution in [0.5, 0.6) is 5.75 Å². The lowest BCUT2D eigenvalue weighted by atomic mass is 9.78. The van der Waals surface area contributed by atoms with E-state index in [1.54, 1.807) is 0 Å². The van der Waals surface area contributed by atoms with Crippen LogP contribution in [0.25, 0.3) is 10.9 Å². The zero-order valence-corrected chi connectivity index (χ0v) is 18.1. The van der Waals surface area contributed by atoms with Crippen molar-refractivity contribution in [2.24, 2.45) is 5.92 Å². The Morgan fingerprint density at radius 3 is 2.58 bits per heavy atom. The predicted octanol–water partition coefficient (Wildman–Crippen LogP) is 6.07. The summed E-state index contributed by atoms with van der Waals surface area (Å²) in [5.41, 5.74) is 5.38. The molecule has 0 aliphatic heterocycles. The number of pyridine rings is 1. The summed E-state index contributed by atoms with van der Waals surface area (Å²) >= 11 is 0. The van der Waals surface area contributed by atoms with Crippen molar-refractivity contribution < 1.29 is 9.84 Å². The van der Waals surface area contributed by atoms with Gasteiger partial charge in [0.25, 0.3) is 0 Å². The fraction of sp³-hybridized carbons (Fsp3) is 0.222. The maximum atomic E-state index is 11.0. The summed E-state index contributed by atoms with van der Waals surface area (Å²) in [6.07, 6.45) is 2.44. The predicted molar refractivity (Wildman–Crippen MR) is 127 cm³/mol. The van der Waals surface area contributed by atoms with Crippen molar-refractivity contribution in [3.63, 3.8) is 0 Å². The lowest BCUT2D eigenvalue weighted by molar-refractivity contribution is 0.0932. The van der Waals surface area contributed by atoms with Crippen LogP contribution >= 0.6 is 12.4 Å². The molecule has 3 nitrogen and oxygen atoms in total. The zero-order valence-electron chi connectivity index (χ0n) is 17.3. The minimum atomic E-state index is -0.462. The third-order valence-electron chi connectivity index (χ3n) is 6.05. The highest BCUT2D eigenvalue weighted by molar-refractivity contribution is 5.85. The Hall–Kier alpha value is -2.88. The molecule has 1 aliphatic carbocycles. The van der Waals surface area contributed by atoms with Crippen LogP contribution in [0.4, 0.5) is 0 Å². The van der Waals surface area contributed by atoms with E-state index in [0.717, 1.165) is 47.2 Å². The molecule has 2 atom stereocenters. The van der Waals surface area contributed by atoms with Gasteiger partial charge in [-0.15, -0.1) is 12.4 Å². The molecule has 0 radical (unpaired) electrons. The quantitative estimate of drug-likeness (QED) is 0.416. The highest BCUT2D eigenvalue weighted by atomic mass is 35.5. The van der Waals surface area contributed by atoms with Gasteiger partial charge in [0.1, 0.15) is 12.4 Å². The third-order valence-corrected chi connectivity index (χ3v) is 6.05. The molecule has 158 valence electrons. The van der Waals surface area contributed by atoms with Gasteiger partial charge in [0.05, 0.1) is 17.3 Å². The second-order valence-corrected chi connectivity index (χ2v) is 8.08. The molecule has 31 heavy (non-hydrogen) atoms. The molecule has 0 saturated carbocycles. The highest BCUT2D eigenvalue weighted by Crippen LogP contribution is 2.38. The standard InChI is InChI=1S/C27H25NO2.ClH/c29-27-22(16-19-6-2-1-3-7-19)11-10-20-13-15-24(17-25(20)27)30-18-23-14-12-21-8-4-5-9-26(21)28-23;/h1-9,12-15,17,22,27,29H,10-11,16,18H2;1H/t22-,27-;/m0./s1. The minimum Gasteiger partial charge on any atom is -0.487 e. The first-order chi connectivity index (χ1) is 14.8. The van der Waals surface area contributed by atoms with Gasteiger partial charge in [0.15, 0.2) is 0 Å². The molecular formula is C27H26ClNO2. The van der Waals surface area contributed by atoms with Gasteiger partial charge >= 0.3 is 0 Å². The Bertz CT molecular complexity index is 1160. The van der Waals surface area contributed by atoms with E-state index in [2.05, 4.69) is 47.4 Å². The van der Waals surface area contributed by atoms with Gasteiger partial charge in [-0.25, -0.2) is 4.98 Å². The summed E-state index contributed by atoms with van der Waals surface area (Å²) in [7, 11) is 0. The number of ether oxygens (including phenoxy) is 1. The first-order valence-corrected chi connectivity index (χ1v) is 10.6. The van der Waals surface area contributed by atoms with Crippen molar-refractivity contribution in [1.29, 1.82) is 0 Å². The average molecular weight is 432 g/mol. The van der Waals surface area contributed by atoms with Gasteiger partial charge in [0, 0.05) is 5.39 Å². The molecule has 1 heterocycles. The van der Waals surface area contributed by atoms with Crippen LogP contribution in [0.2, 0.25) is 0 Å². The van der Waals surface area contributed by atoms with Crippen molar-refractivity contribution in [3.05, 3.63) is 107 Å². The molecule has 0 bridgehead atoms. The minimum absolute atomic E-state index is 0. The lowest BCUT2D eigenvalue weighted by Crippen LogP contribution is -2.22. The van der Waals surface area contributed by atoms with Gasteiger partial charge < -0.3 is 9.84 Å². The van der Waals surface area contributed by atoms with Crippen LogP contribution < -0.4 is 4.74 Å². The average Bonchev–Trinajstić information content (AvgIpc) is 2.80. The zero-order chi connectivity index (χ0) is 20.3. The van der Waals surface area contributed by atoms with Crippen molar-refractivity contribution in [1.82, 2.24) is 4.98 Å². The SMILES string of the molecule is Cl.O[C@@H]1c2cc(OCc3ccc4ccccc4n3)ccc2CC[C@H]1Cc1ccccc1. The maximum absolute atomic E-state index is 11.0. The number of benzene rings is 3. The molecular weight excluding hydrogens is 406 g/mol. The van der Waals surface area contributed by atoms with E-state index in [0.29, 0.717) is 6.61 Å². The number of aliphatic hydroxyl groups excluding tert-OH is 1. The topological polar surface area (TPSA) is 42.4 Å². The Morgan fingerprint density at radius 2 is 1.71 bits per heavy atom. The van der Waals surface area contributed by atoms with E-state index in [1.165, 1.54) is 11.1 Å². The summed E-state index contributed by atoms with van der Waals surface area (Å²) in [4.78, 5) is 4.68. The van der Waals surface area contributed by atoms with Crippen LogP contribution in [-0.2, 0) is 19.4 Å². The summed E-state index contributed by atoms with van der Waals surface area (Å²) in [5.74, 6) is 1.01. The normalized spacial score (nSPS) is 17.6. The van der Waals surface area contributed by atoms with Crippen LogP contribution in [0, 0.1) is 5.92 Å². The van der Waals surface area contributed by atoms with Crippen molar-refractivity contribution in [2.45, 2.75) is 32.0 Å². The second-order valence-electron chi connectivity index (χ2n) is 8.08. The second kappa shape index (κ2) is 9.51. The summed E-state index contributed by atoms with van der Waals surface area (Å²) in [6.45, 7) is 0.410. The van der Waals surface area contributed by atoms with E-state index in [4.69, 9.17) is 4.74 Å². The third kappa shape index (κ3) is 4.73. The molecule has 0 amide bonds. The Labute approximate surface area is 189 Å². The lowest BCUT2D eigenvalue weighted by Gasteiger charge is -2.30. The molecule has 0 saturated heterocycles. The largest absolute Gasteiger partial charge is 0.487 e. The number of aliphatic hydroxyl groups is 1. The van der Waals surface area contributed by atoms with Gasteiger partial charge in [-0.1, -0.05) is 60.7 Å². The summed E-state index contributed by atoms with van der Waals surface area (Å²) < 4.78 is 6.04. The number of rotatable bonds is 5. The van der Waals surface area contributed by atoms with Gasteiger partial charge in [-0.05, 0) is 66.1 Å². The van der Waals surface area contributed by atoms with Crippen LogP contribution in [0.3, 0.4) is 0 Å². The molecule has 4 aromatic rings. The van der Waals surface area contributed by atoms with Crippen LogP contribution in [0.15, 0.2) is 84.9 Å². The van der Waals surface area contributed by atoms with E-state index < -0.39 is 6.10 Å². The number of nitrogens with zero attached hydrogens (tertiary/aromatic N) is 1. The highest BCUT2D eigenvalue weighted by Gasteiger charge is 2.28. The molecule has 5 rings (SSSR count). The molecule has 1 aromatic heterocycles. The molecule has 0 spiro atoms. The number of aromatic nitrogens is 1. The van der Waals surface area contributed by atoms with Crippen LogP contribution in [0.1, 0.15) is 34.9 Å². The maximum Gasteiger partial charge on any atom is 0.130 e. The van der Waals surface area contributed by atoms with Crippen molar-refractivity contribution in [2.75, 3.05) is 0 Å². The fourth-order valence-electron chi connectivity index (χ4n) is 4.39. The molecule has 0 fully saturated rings. The Kier molecular flexibility index (Phi) is 6.55. The Morgan fingerprint density at radius 1 is 0.903 bits per heavy atom. The van der Waals surface area contributed by atoms with Gasteiger partial charge in [-0.2, -0.15) is 0 Å². The number of fused-ring (bicyclic) bond motifs is 2. The number of halogens is 1. The fourth-order valence-corrected chi connectivity index (χ4v) is 4.39. The molecule has 0 unspecified atom stereocenters. The van der Waals surface area contributed by atoms with Crippen molar-refractivity contribution in [3.8, 4) is 5.75 Å². The van der Waals surface area contributed by atoms with E-state index in [-0.39, 0.29) is 18.3 Å². The van der Waals surface area contributed by atoms with E-state index in [9.17, 15) is 5.11 Å². The number of hydrogen-bond donors (Lipinski definition) is 1. The number of aryl methyl sites for hydroxylation is 1. The monoisotopic (exact) mass is 431 g/mol. The summed E-state index contributed by atoms with van der Waals surface area (Å²) in [5, 5.41) is 12.2. The first kappa shape index (κ1) is 21.4. The van der Waals surface area contributed by atoms with Crippen LogP contribution in [-0.4, -0.2) is 10.1 Å². The van der Waals surface area contributed by atoms with Crippen molar-refractivity contribution >= 4 is 23.3 Å². The van der Waals surface area contributed by atoms with E-state index in [1.807, 2.05) is 42.5 Å². The van der Waals surface area contributed by atoms with Gasteiger partial charge in [-0.3, -0.25) is 0 Å². The molecule has 1 aliphatic rings. The van der Waals surface area contributed by atoms with Gasteiger partial charge in [0.2, 0.25) is 0 Å². The smallest absolute Gasteiger partial charge is 0.130 e. The molecule has 3 aromatic carbocycles. The molecule has 4 heteroatoms. The summed E-state index contributed by atoms with van der Waals surface area (Å²) in [6, 6.07) is 28.7. The number of hydrogen-bond acceptors (Lipinski definition) is 3. The van der Waals surface area contributed by atoms with E-state index >= 15 is 0 Å². The first-order valence-electron chi connectivity index (χ1n) is 10.6.